The number of ether oxygens (including phenoxy) is 1. The van der Waals surface area contributed by atoms with Gasteiger partial charge in [-0.2, -0.15) is 0 Å². The minimum absolute atomic E-state index is 0.0255. The van der Waals surface area contributed by atoms with Crippen molar-refractivity contribution in [2.24, 2.45) is 0 Å². The van der Waals surface area contributed by atoms with E-state index in [1.807, 2.05) is 6.07 Å². The number of nitro benzene ring substituents is 1. The van der Waals surface area contributed by atoms with E-state index in [9.17, 15) is 14.9 Å². The van der Waals surface area contributed by atoms with Crippen LogP contribution in [0.25, 0.3) is 16.9 Å². The Morgan fingerprint density at radius 2 is 1.96 bits per heavy atom. The first kappa shape index (κ1) is 15.4. The fraction of sp³-hybridized carbons (Fsp3) is 0.0588. The Morgan fingerprint density at radius 1 is 1.21 bits per heavy atom. The van der Waals surface area contributed by atoms with Gasteiger partial charge in [0, 0.05) is 23.4 Å². The van der Waals surface area contributed by atoms with Crippen molar-refractivity contribution >= 4 is 11.7 Å². The van der Waals surface area contributed by atoms with E-state index in [-0.39, 0.29) is 5.69 Å². The van der Waals surface area contributed by atoms with Crippen LogP contribution in [-0.4, -0.2) is 27.6 Å². The molecule has 0 radical (unpaired) electrons. The van der Waals surface area contributed by atoms with Gasteiger partial charge in [0.2, 0.25) is 0 Å². The number of aromatic nitrogens is 2. The molecule has 120 valence electrons. The minimum atomic E-state index is -0.444. The second-order valence-electron chi connectivity index (χ2n) is 4.99. The van der Waals surface area contributed by atoms with Gasteiger partial charge in [-0.1, -0.05) is 6.07 Å². The normalized spacial score (nSPS) is 10.4. The van der Waals surface area contributed by atoms with E-state index in [4.69, 9.17) is 4.74 Å². The summed E-state index contributed by atoms with van der Waals surface area (Å²) in [5.41, 5.74) is 2.73. The zero-order valence-corrected chi connectivity index (χ0v) is 12.7. The molecule has 0 saturated carbocycles. The third-order valence-corrected chi connectivity index (χ3v) is 3.56. The highest BCUT2D eigenvalue weighted by molar-refractivity contribution is 5.90. The standard InChI is InChI=1S/C17H13N3O4/c1-24-17(21)13-3-2-4-15(9-13)19-11-18-10-16(19)12-5-7-14(8-6-12)20(22)23/h2-11H,1H3. The molecule has 0 N–H and O–H groups in total. The zero-order chi connectivity index (χ0) is 17.1. The Morgan fingerprint density at radius 3 is 2.62 bits per heavy atom. The van der Waals surface area contributed by atoms with Crippen LogP contribution in [0.1, 0.15) is 10.4 Å². The van der Waals surface area contributed by atoms with Crippen molar-refractivity contribution < 1.29 is 14.5 Å². The maximum Gasteiger partial charge on any atom is 0.337 e. The lowest BCUT2D eigenvalue weighted by Crippen LogP contribution is -2.03. The first-order valence-corrected chi connectivity index (χ1v) is 7.06. The van der Waals surface area contributed by atoms with Crippen LogP contribution in [-0.2, 0) is 4.74 Å². The van der Waals surface area contributed by atoms with Crippen molar-refractivity contribution in [2.45, 2.75) is 0 Å². The summed E-state index contributed by atoms with van der Waals surface area (Å²) in [5, 5.41) is 10.8. The number of nitro groups is 1. The van der Waals surface area contributed by atoms with Crippen LogP contribution in [0, 0.1) is 10.1 Å². The topological polar surface area (TPSA) is 87.3 Å². The van der Waals surface area contributed by atoms with Crippen LogP contribution in [0.2, 0.25) is 0 Å². The number of nitrogens with zero attached hydrogens (tertiary/aromatic N) is 3. The van der Waals surface area contributed by atoms with Gasteiger partial charge < -0.3 is 4.74 Å². The molecule has 0 unspecified atom stereocenters. The molecule has 1 heterocycles. The summed E-state index contributed by atoms with van der Waals surface area (Å²) in [6.07, 6.45) is 3.28. The minimum Gasteiger partial charge on any atom is -0.465 e. The molecule has 0 aliphatic rings. The summed E-state index contributed by atoms with van der Waals surface area (Å²) in [4.78, 5) is 26.1. The van der Waals surface area contributed by atoms with Crippen molar-refractivity contribution in [3.8, 4) is 16.9 Å². The van der Waals surface area contributed by atoms with Crippen molar-refractivity contribution in [3.63, 3.8) is 0 Å². The summed E-state index contributed by atoms with van der Waals surface area (Å²) in [5.74, 6) is -0.422. The van der Waals surface area contributed by atoms with Crippen molar-refractivity contribution in [2.75, 3.05) is 7.11 Å². The molecule has 0 aliphatic carbocycles. The molecule has 7 heteroatoms. The predicted molar refractivity (Wildman–Crippen MR) is 87.0 cm³/mol. The van der Waals surface area contributed by atoms with Gasteiger partial charge in [-0.15, -0.1) is 0 Å². The Labute approximate surface area is 137 Å². The second-order valence-corrected chi connectivity index (χ2v) is 4.99. The van der Waals surface area contributed by atoms with Gasteiger partial charge in [-0.25, -0.2) is 9.78 Å². The number of rotatable bonds is 4. The Bertz CT molecular complexity index is 900. The first-order chi connectivity index (χ1) is 11.6. The van der Waals surface area contributed by atoms with Crippen molar-refractivity contribution in [3.05, 3.63) is 76.7 Å². The maximum absolute atomic E-state index is 11.7. The van der Waals surface area contributed by atoms with Crippen molar-refractivity contribution in [1.82, 2.24) is 9.55 Å². The highest BCUT2D eigenvalue weighted by Crippen LogP contribution is 2.25. The van der Waals surface area contributed by atoms with E-state index in [1.165, 1.54) is 19.2 Å². The summed E-state index contributed by atoms with van der Waals surface area (Å²) in [6.45, 7) is 0. The molecule has 1 aromatic heterocycles. The average Bonchev–Trinajstić information content (AvgIpc) is 3.11. The summed E-state index contributed by atoms with van der Waals surface area (Å²) in [7, 11) is 1.33. The fourth-order valence-electron chi connectivity index (χ4n) is 2.37. The van der Waals surface area contributed by atoms with Crippen LogP contribution in [0.15, 0.2) is 61.1 Å². The lowest BCUT2D eigenvalue weighted by molar-refractivity contribution is -0.384. The predicted octanol–water partition coefficient (Wildman–Crippen LogP) is 3.23. The molecule has 0 fully saturated rings. The molecule has 3 aromatic rings. The first-order valence-electron chi connectivity index (χ1n) is 7.06. The van der Waals surface area contributed by atoms with Crippen LogP contribution in [0.3, 0.4) is 0 Å². The van der Waals surface area contributed by atoms with E-state index < -0.39 is 10.9 Å². The number of non-ortho nitro benzene ring substituents is 1. The molecule has 0 amide bonds. The average molecular weight is 323 g/mol. The van der Waals surface area contributed by atoms with E-state index >= 15 is 0 Å². The molecule has 0 atom stereocenters. The van der Waals surface area contributed by atoms with E-state index in [0.29, 0.717) is 5.56 Å². The largest absolute Gasteiger partial charge is 0.465 e. The molecule has 2 aromatic carbocycles. The summed E-state index contributed by atoms with van der Waals surface area (Å²) >= 11 is 0. The fourth-order valence-corrected chi connectivity index (χ4v) is 2.37. The van der Waals surface area contributed by atoms with E-state index in [2.05, 4.69) is 4.98 Å². The Hall–Kier alpha value is -3.48. The highest BCUT2D eigenvalue weighted by Gasteiger charge is 2.12. The Kier molecular flexibility index (Phi) is 4.07. The molecule has 3 rings (SSSR count). The number of carbonyl (C=O) groups is 1. The third-order valence-electron chi connectivity index (χ3n) is 3.56. The smallest absolute Gasteiger partial charge is 0.337 e. The van der Waals surface area contributed by atoms with Gasteiger partial charge in [-0.05, 0) is 30.3 Å². The number of imidazole rings is 1. The monoisotopic (exact) mass is 323 g/mol. The van der Waals surface area contributed by atoms with Gasteiger partial charge in [0.25, 0.3) is 5.69 Å². The lowest BCUT2D eigenvalue weighted by Gasteiger charge is -2.09. The molecule has 0 saturated heterocycles. The quantitative estimate of drug-likeness (QED) is 0.418. The maximum atomic E-state index is 11.7. The van der Waals surface area contributed by atoms with Crippen LogP contribution >= 0.6 is 0 Å². The number of benzene rings is 2. The van der Waals surface area contributed by atoms with Crippen LogP contribution in [0.5, 0.6) is 0 Å². The number of esters is 1. The Balaban J connectivity index is 2.02. The summed E-state index contributed by atoms with van der Waals surface area (Å²) < 4.78 is 6.53. The number of methoxy groups -OCH3 is 1. The van der Waals surface area contributed by atoms with Gasteiger partial charge in [-0.3, -0.25) is 14.7 Å². The SMILES string of the molecule is COC(=O)c1cccc(-n2cncc2-c2ccc([N+](=O)[O-])cc2)c1. The molecule has 0 spiro atoms. The van der Waals surface area contributed by atoms with E-state index in [0.717, 1.165) is 16.9 Å². The van der Waals surface area contributed by atoms with Gasteiger partial charge in [0.15, 0.2) is 0 Å². The molecule has 0 bridgehead atoms. The molecule has 7 nitrogen and oxygen atoms in total. The zero-order valence-electron chi connectivity index (χ0n) is 12.7. The highest BCUT2D eigenvalue weighted by atomic mass is 16.6. The van der Waals surface area contributed by atoms with E-state index in [1.54, 1.807) is 47.4 Å². The van der Waals surface area contributed by atoms with Gasteiger partial charge in [0.05, 0.1) is 35.8 Å². The van der Waals surface area contributed by atoms with Crippen LogP contribution in [0.4, 0.5) is 5.69 Å². The van der Waals surface area contributed by atoms with Crippen molar-refractivity contribution in [1.29, 1.82) is 0 Å². The molecular weight excluding hydrogens is 310 g/mol. The number of hydrogen-bond donors (Lipinski definition) is 0. The molecule has 24 heavy (non-hydrogen) atoms. The third kappa shape index (κ3) is 2.87. The summed E-state index contributed by atoms with van der Waals surface area (Å²) in [6, 6.07) is 13.2. The second kappa shape index (κ2) is 6.33. The number of hydrogen-bond acceptors (Lipinski definition) is 5. The molecular formula is C17H13N3O4. The lowest BCUT2D eigenvalue weighted by atomic mass is 10.1. The van der Waals surface area contributed by atoms with Gasteiger partial charge in [0.1, 0.15) is 0 Å². The molecule has 0 aliphatic heterocycles. The number of carbonyl (C=O) groups excluding carboxylic acids is 1. The van der Waals surface area contributed by atoms with Gasteiger partial charge >= 0.3 is 5.97 Å². The van der Waals surface area contributed by atoms with Crippen LogP contribution < -0.4 is 0 Å².